The van der Waals surface area contributed by atoms with Crippen molar-refractivity contribution in [3.8, 4) is 0 Å². The van der Waals surface area contributed by atoms with Crippen LogP contribution < -0.4 is 10.6 Å². The van der Waals surface area contributed by atoms with Gasteiger partial charge >= 0.3 is 5.97 Å². The molecule has 0 saturated heterocycles. The highest BCUT2D eigenvalue weighted by atomic mass is 16.5. The van der Waals surface area contributed by atoms with E-state index in [0.717, 1.165) is 18.4 Å². The minimum absolute atomic E-state index is 0.140. The van der Waals surface area contributed by atoms with Crippen molar-refractivity contribution < 1.29 is 24.2 Å². The molecule has 7 heteroatoms. The maximum Gasteiger partial charge on any atom is 0.328 e. The quantitative estimate of drug-likeness (QED) is 0.335. The van der Waals surface area contributed by atoms with Gasteiger partial charge in [-0.05, 0) is 37.3 Å². The summed E-state index contributed by atoms with van der Waals surface area (Å²) in [7, 11) is 1.59. The van der Waals surface area contributed by atoms with Crippen LogP contribution in [0.5, 0.6) is 0 Å². The lowest BCUT2D eigenvalue weighted by Gasteiger charge is -2.24. The zero-order valence-electron chi connectivity index (χ0n) is 20.3. The minimum atomic E-state index is -0.834. The van der Waals surface area contributed by atoms with Gasteiger partial charge in [-0.1, -0.05) is 71.4 Å². The molecule has 1 aromatic carbocycles. The maximum atomic E-state index is 12.7. The summed E-state index contributed by atoms with van der Waals surface area (Å²) in [4.78, 5) is 36.4. The van der Waals surface area contributed by atoms with Gasteiger partial charge in [0.15, 0.2) is 0 Å². The molecule has 32 heavy (non-hydrogen) atoms. The van der Waals surface area contributed by atoms with Crippen LogP contribution in [-0.2, 0) is 25.7 Å². The standard InChI is InChI=1S/C21H30N2O4.C4H10O/c1-14(2)11-18(21(26)27-13-16-9-7-6-8-10-16)23-20(25)19(22-5)17(12-24)15(3)4;1-2-3-4-5/h6-10,14-15,18-19,22H,11,13H2,1-5H3,(H,23,25);5H,2-4H2,1H3. The Morgan fingerprint density at radius 1 is 1.12 bits per heavy atom. The van der Waals surface area contributed by atoms with Crippen molar-refractivity contribution in [3.05, 3.63) is 41.5 Å². The van der Waals surface area contributed by atoms with Gasteiger partial charge in [0.2, 0.25) is 5.91 Å². The van der Waals surface area contributed by atoms with Crippen LogP contribution in [0.15, 0.2) is 35.9 Å². The average molecular weight is 449 g/mol. The van der Waals surface area contributed by atoms with Crippen LogP contribution in [0.2, 0.25) is 0 Å². The number of benzene rings is 1. The first-order chi connectivity index (χ1) is 15.2. The number of rotatable bonds is 12. The molecular formula is C25H40N2O5. The summed E-state index contributed by atoms with van der Waals surface area (Å²) in [6.45, 7) is 10.1. The molecule has 180 valence electrons. The number of esters is 1. The van der Waals surface area contributed by atoms with E-state index in [1.165, 1.54) is 0 Å². The summed E-state index contributed by atoms with van der Waals surface area (Å²) in [6, 6.07) is 7.74. The smallest absolute Gasteiger partial charge is 0.328 e. The molecule has 0 heterocycles. The van der Waals surface area contributed by atoms with Crippen LogP contribution in [0.4, 0.5) is 0 Å². The number of hydrogen-bond acceptors (Lipinski definition) is 6. The second-order valence-electron chi connectivity index (χ2n) is 8.29. The van der Waals surface area contributed by atoms with E-state index in [9.17, 15) is 14.4 Å². The Morgan fingerprint density at radius 3 is 2.16 bits per heavy atom. The zero-order valence-corrected chi connectivity index (χ0v) is 20.3. The normalized spacial score (nSPS) is 12.3. The van der Waals surface area contributed by atoms with Crippen LogP contribution in [0, 0.1) is 11.8 Å². The summed E-state index contributed by atoms with van der Waals surface area (Å²) in [5.74, 6) is 0.963. The summed E-state index contributed by atoms with van der Waals surface area (Å²) in [6.07, 6.45) is 2.48. The van der Waals surface area contributed by atoms with Crippen molar-refractivity contribution in [1.29, 1.82) is 0 Å². The lowest BCUT2D eigenvalue weighted by molar-refractivity contribution is -0.149. The van der Waals surface area contributed by atoms with Gasteiger partial charge < -0.3 is 20.5 Å². The van der Waals surface area contributed by atoms with Gasteiger partial charge in [0.25, 0.3) is 0 Å². The Labute approximate surface area is 192 Å². The molecule has 0 spiro atoms. The number of carbonyl (C=O) groups is 2. The van der Waals surface area contributed by atoms with E-state index in [1.54, 1.807) is 7.05 Å². The van der Waals surface area contributed by atoms with E-state index in [-0.39, 0.29) is 18.4 Å². The summed E-state index contributed by atoms with van der Waals surface area (Å²) >= 11 is 0. The molecule has 1 amide bonds. The molecule has 2 atom stereocenters. The van der Waals surface area contributed by atoms with Crippen LogP contribution in [0.1, 0.15) is 59.4 Å². The van der Waals surface area contributed by atoms with Gasteiger partial charge in [-0.3, -0.25) is 4.79 Å². The number of carbonyl (C=O) groups excluding carboxylic acids is 3. The van der Waals surface area contributed by atoms with Gasteiger partial charge in [-0.25, -0.2) is 9.59 Å². The highest BCUT2D eigenvalue weighted by Gasteiger charge is 2.30. The van der Waals surface area contributed by atoms with Crippen LogP contribution in [0.3, 0.4) is 0 Å². The monoisotopic (exact) mass is 448 g/mol. The highest BCUT2D eigenvalue weighted by molar-refractivity contribution is 5.91. The van der Waals surface area contributed by atoms with Crippen molar-refractivity contribution in [2.24, 2.45) is 11.8 Å². The third kappa shape index (κ3) is 11.8. The SMILES string of the molecule is CCCCO.CNC(C(=O)NC(CC(C)C)C(=O)OCc1ccccc1)C(=C=O)C(C)C. The Morgan fingerprint density at radius 2 is 1.75 bits per heavy atom. The lowest BCUT2D eigenvalue weighted by Crippen LogP contribution is -2.51. The third-order valence-corrected chi connectivity index (χ3v) is 4.65. The Kier molecular flexibility index (Phi) is 15.8. The number of aliphatic hydroxyl groups is 1. The molecule has 2 unspecified atom stereocenters. The second kappa shape index (κ2) is 17.1. The first-order valence-electron chi connectivity index (χ1n) is 11.3. The van der Waals surface area contributed by atoms with Gasteiger partial charge in [0.1, 0.15) is 24.6 Å². The molecule has 0 radical (unpaired) electrons. The van der Waals surface area contributed by atoms with Gasteiger partial charge in [-0.2, -0.15) is 0 Å². The molecule has 3 N–H and O–H groups in total. The fraction of sp³-hybridized carbons (Fsp3) is 0.600. The largest absolute Gasteiger partial charge is 0.459 e. The van der Waals surface area contributed by atoms with E-state index in [2.05, 4.69) is 17.6 Å². The van der Waals surface area contributed by atoms with Gasteiger partial charge in [0, 0.05) is 12.2 Å². The molecule has 7 nitrogen and oxygen atoms in total. The number of likely N-dealkylation sites (N-methyl/N-ethyl adjacent to an activating group) is 1. The number of unbranched alkanes of at least 4 members (excludes halogenated alkanes) is 1. The highest BCUT2D eigenvalue weighted by Crippen LogP contribution is 2.13. The summed E-state index contributed by atoms with van der Waals surface area (Å²) in [5.41, 5.74) is 1.19. The van der Waals surface area contributed by atoms with E-state index >= 15 is 0 Å². The van der Waals surface area contributed by atoms with E-state index in [1.807, 2.05) is 64.0 Å². The van der Waals surface area contributed by atoms with Crippen molar-refractivity contribution in [3.63, 3.8) is 0 Å². The fourth-order valence-electron chi connectivity index (χ4n) is 2.87. The molecule has 1 rings (SSSR count). The molecule has 0 fully saturated rings. The maximum absolute atomic E-state index is 12.7. The van der Waals surface area contributed by atoms with Crippen LogP contribution in [-0.4, -0.2) is 48.7 Å². The predicted molar refractivity (Wildman–Crippen MR) is 127 cm³/mol. The topological polar surface area (TPSA) is 105 Å². The van der Waals surface area contributed by atoms with Crippen molar-refractivity contribution in [2.45, 2.75) is 72.6 Å². The number of hydrogen-bond donors (Lipinski definition) is 3. The van der Waals surface area contributed by atoms with E-state index in [0.29, 0.717) is 18.6 Å². The molecule has 1 aromatic rings. The summed E-state index contributed by atoms with van der Waals surface area (Å²) in [5, 5.41) is 13.6. The minimum Gasteiger partial charge on any atom is -0.459 e. The first-order valence-corrected chi connectivity index (χ1v) is 11.3. The van der Waals surface area contributed by atoms with Gasteiger partial charge in [0.05, 0.1) is 0 Å². The molecule has 0 bridgehead atoms. The molecule has 0 aromatic heterocycles. The van der Waals surface area contributed by atoms with E-state index < -0.39 is 24.0 Å². The molecular weight excluding hydrogens is 408 g/mol. The second-order valence-corrected chi connectivity index (χ2v) is 8.29. The van der Waals surface area contributed by atoms with Crippen LogP contribution in [0.25, 0.3) is 0 Å². The lowest BCUT2D eigenvalue weighted by atomic mass is 9.96. The Hall–Kier alpha value is -2.47. The number of aliphatic hydroxyl groups excluding tert-OH is 1. The Bertz CT molecular complexity index is 710. The molecule has 0 aliphatic heterocycles. The third-order valence-electron chi connectivity index (χ3n) is 4.65. The van der Waals surface area contributed by atoms with E-state index in [4.69, 9.17) is 9.84 Å². The summed E-state index contributed by atoms with van der Waals surface area (Å²) < 4.78 is 5.38. The number of ether oxygens (including phenoxy) is 1. The predicted octanol–water partition coefficient (Wildman–Crippen LogP) is 3.04. The Balaban J connectivity index is 0.00000172. The molecule has 0 saturated carbocycles. The number of nitrogens with one attached hydrogen (secondary N) is 2. The molecule has 0 aliphatic carbocycles. The fourth-order valence-corrected chi connectivity index (χ4v) is 2.87. The van der Waals surface area contributed by atoms with Crippen LogP contribution >= 0.6 is 0 Å². The van der Waals surface area contributed by atoms with Crippen molar-refractivity contribution >= 4 is 17.8 Å². The number of amides is 1. The van der Waals surface area contributed by atoms with Crippen molar-refractivity contribution in [2.75, 3.05) is 13.7 Å². The van der Waals surface area contributed by atoms with Gasteiger partial charge in [-0.15, -0.1) is 0 Å². The zero-order chi connectivity index (χ0) is 24.5. The molecule has 0 aliphatic rings. The first kappa shape index (κ1) is 29.5. The van der Waals surface area contributed by atoms with Crippen molar-refractivity contribution in [1.82, 2.24) is 10.6 Å². The average Bonchev–Trinajstić information content (AvgIpc) is 2.76.